The van der Waals surface area contributed by atoms with Gasteiger partial charge in [-0.25, -0.2) is 4.98 Å². The van der Waals surface area contributed by atoms with Crippen LogP contribution in [0, 0.1) is 5.92 Å². The Balaban J connectivity index is 0.00000196. The summed E-state index contributed by atoms with van der Waals surface area (Å²) in [6.45, 7) is 5.41. The Kier molecular flexibility index (Phi) is 6.86. The van der Waals surface area contributed by atoms with Gasteiger partial charge in [-0.1, -0.05) is 29.9 Å². The van der Waals surface area contributed by atoms with Gasteiger partial charge < -0.3 is 4.74 Å². The molecule has 2 aromatic rings. The zero-order chi connectivity index (χ0) is 17.1. The normalized spacial score (nSPS) is 18.3. The molecular formula is C19H26ClN3O2S. The summed E-state index contributed by atoms with van der Waals surface area (Å²) >= 11 is 1.63. The summed E-state index contributed by atoms with van der Waals surface area (Å²) in [5, 5.41) is 0.861. The van der Waals surface area contributed by atoms with E-state index in [0.717, 1.165) is 74.0 Å². The van der Waals surface area contributed by atoms with Crippen LogP contribution in [-0.4, -0.2) is 55.2 Å². The van der Waals surface area contributed by atoms with Gasteiger partial charge in [0.1, 0.15) is 0 Å². The van der Waals surface area contributed by atoms with E-state index in [1.165, 1.54) is 6.42 Å². The lowest BCUT2D eigenvalue weighted by atomic mass is 9.84. The molecule has 0 N–H and O–H groups in total. The Hall–Kier alpha value is -1.21. The second-order valence-corrected chi connectivity index (χ2v) is 7.90. The van der Waals surface area contributed by atoms with Crippen molar-refractivity contribution in [1.82, 2.24) is 9.88 Å². The zero-order valence-corrected chi connectivity index (χ0v) is 16.6. The van der Waals surface area contributed by atoms with Gasteiger partial charge in [0.2, 0.25) is 5.91 Å². The second kappa shape index (κ2) is 9.13. The summed E-state index contributed by atoms with van der Waals surface area (Å²) in [6.07, 6.45) is 4.22. The van der Waals surface area contributed by atoms with Gasteiger partial charge in [-0.15, -0.1) is 12.4 Å². The number of nitrogens with zero attached hydrogens (tertiary/aromatic N) is 3. The summed E-state index contributed by atoms with van der Waals surface area (Å²) in [6, 6.07) is 8.13. The fourth-order valence-electron chi connectivity index (χ4n) is 3.43. The zero-order valence-electron chi connectivity index (χ0n) is 14.9. The minimum absolute atomic E-state index is 0. The molecule has 2 heterocycles. The SMILES string of the molecule is Cl.O=C(C1CCC1)N(CCCN1CCOCC1)c1nc2ccccc2s1. The van der Waals surface area contributed by atoms with Gasteiger partial charge in [0.05, 0.1) is 23.4 Å². The van der Waals surface area contributed by atoms with E-state index in [1.807, 2.05) is 23.1 Å². The Morgan fingerprint density at radius 2 is 2.04 bits per heavy atom. The monoisotopic (exact) mass is 395 g/mol. The molecular weight excluding hydrogens is 370 g/mol. The number of ether oxygens (including phenoxy) is 1. The molecule has 0 atom stereocenters. The van der Waals surface area contributed by atoms with E-state index in [-0.39, 0.29) is 24.2 Å². The molecule has 2 fully saturated rings. The van der Waals surface area contributed by atoms with Crippen molar-refractivity contribution >= 4 is 45.0 Å². The molecule has 4 rings (SSSR count). The Labute approximate surface area is 164 Å². The van der Waals surface area contributed by atoms with Crippen LogP contribution in [0.1, 0.15) is 25.7 Å². The fraction of sp³-hybridized carbons (Fsp3) is 0.579. The molecule has 142 valence electrons. The minimum Gasteiger partial charge on any atom is -0.379 e. The molecule has 0 unspecified atom stereocenters. The van der Waals surface area contributed by atoms with Gasteiger partial charge in [0.15, 0.2) is 5.13 Å². The maximum Gasteiger partial charge on any atom is 0.231 e. The molecule has 1 amide bonds. The topological polar surface area (TPSA) is 45.7 Å². The number of carbonyl (C=O) groups excluding carboxylic acids is 1. The van der Waals surface area contributed by atoms with Crippen LogP contribution >= 0.6 is 23.7 Å². The third kappa shape index (κ3) is 4.36. The third-order valence-electron chi connectivity index (χ3n) is 5.19. The van der Waals surface area contributed by atoms with Crippen LogP contribution in [0.3, 0.4) is 0 Å². The number of morpholine rings is 1. The predicted octanol–water partition coefficient (Wildman–Crippen LogP) is 3.57. The highest BCUT2D eigenvalue weighted by Gasteiger charge is 2.31. The van der Waals surface area contributed by atoms with Crippen molar-refractivity contribution in [1.29, 1.82) is 0 Å². The average Bonchev–Trinajstić information content (AvgIpc) is 3.01. The third-order valence-corrected chi connectivity index (χ3v) is 6.25. The quantitative estimate of drug-likeness (QED) is 0.750. The number of para-hydroxylation sites is 1. The number of rotatable bonds is 6. The second-order valence-electron chi connectivity index (χ2n) is 6.89. The minimum atomic E-state index is 0. The molecule has 0 radical (unpaired) electrons. The first-order chi connectivity index (χ1) is 12.3. The largest absolute Gasteiger partial charge is 0.379 e. The van der Waals surface area contributed by atoms with Crippen molar-refractivity contribution in [3.63, 3.8) is 0 Å². The molecule has 0 bridgehead atoms. The smallest absolute Gasteiger partial charge is 0.231 e. The first kappa shape index (κ1) is 19.5. The summed E-state index contributed by atoms with van der Waals surface area (Å²) in [4.78, 5) is 22.1. The number of carbonyl (C=O) groups is 1. The number of thiazole rings is 1. The molecule has 5 nitrogen and oxygen atoms in total. The van der Waals surface area contributed by atoms with E-state index in [1.54, 1.807) is 11.3 Å². The highest BCUT2D eigenvalue weighted by molar-refractivity contribution is 7.22. The average molecular weight is 396 g/mol. The molecule has 1 aromatic heterocycles. The van der Waals surface area contributed by atoms with Crippen molar-refractivity contribution in [2.75, 3.05) is 44.3 Å². The van der Waals surface area contributed by atoms with Crippen LogP contribution in [0.25, 0.3) is 10.2 Å². The van der Waals surface area contributed by atoms with Crippen molar-refractivity contribution in [3.8, 4) is 0 Å². The molecule has 1 aliphatic carbocycles. The number of anilines is 1. The van der Waals surface area contributed by atoms with Crippen LogP contribution in [0.4, 0.5) is 5.13 Å². The Bertz CT molecular complexity index is 695. The van der Waals surface area contributed by atoms with Gasteiger partial charge in [-0.3, -0.25) is 14.6 Å². The predicted molar refractivity (Wildman–Crippen MR) is 108 cm³/mol. The van der Waals surface area contributed by atoms with E-state index in [9.17, 15) is 4.79 Å². The molecule has 1 saturated carbocycles. The van der Waals surface area contributed by atoms with E-state index >= 15 is 0 Å². The molecule has 2 aliphatic rings. The van der Waals surface area contributed by atoms with Crippen LogP contribution in [-0.2, 0) is 9.53 Å². The summed E-state index contributed by atoms with van der Waals surface area (Å²) in [5.41, 5.74) is 0.988. The molecule has 7 heteroatoms. The summed E-state index contributed by atoms with van der Waals surface area (Å²) in [7, 11) is 0. The van der Waals surface area contributed by atoms with Gasteiger partial charge in [0.25, 0.3) is 0 Å². The number of aromatic nitrogens is 1. The van der Waals surface area contributed by atoms with E-state index in [4.69, 9.17) is 9.72 Å². The highest BCUT2D eigenvalue weighted by Crippen LogP contribution is 2.33. The van der Waals surface area contributed by atoms with E-state index < -0.39 is 0 Å². The molecule has 1 saturated heterocycles. The first-order valence-electron chi connectivity index (χ1n) is 9.28. The lowest BCUT2D eigenvalue weighted by Crippen LogP contribution is -2.42. The van der Waals surface area contributed by atoms with Gasteiger partial charge in [-0.05, 0) is 31.4 Å². The number of benzene rings is 1. The maximum absolute atomic E-state index is 12.9. The van der Waals surface area contributed by atoms with Crippen LogP contribution < -0.4 is 4.90 Å². The van der Waals surface area contributed by atoms with E-state index in [0.29, 0.717) is 0 Å². The van der Waals surface area contributed by atoms with Gasteiger partial charge in [-0.2, -0.15) is 0 Å². The van der Waals surface area contributed by atoms with Gasteiger partial charge in [0, 0.05) is 32.1 Å². The summed E-state index contributed by atoms with van der Waals surface area (Å²) in [5.74, 6) is 0.475. The number of hydrogen-bond donors (Lipinski definition) is 0. The van der Waals surface area contributed by atoms with Crippen LogP contribution in [0.2, 0.25) is 0 Å². The van der Waals surface area contributed by atoms with Crippen molar-refractivity contribution in [2.45, 2.75) is 25.7 Å². The Morgan fingerprint density at radius 3 is 2.73 bits per heavy atom. The van der Waals surface area contributed by atoms with Crippen molar-refractivity contribution < 1.29 is 9.53 Å². The number of fused-ring (bicyclic) bond motifs is 1. The highest BCUT2D eigenvalue weighted by atomic mass is 35.5. The lowest BCUT2D eigenvalue weighted by molar-refractivity contribution is -0.124. The molecule has 0 spiro atoms. The van der Waals surface area contributed by atoms with Crippen LogP contribution in [0.15, 0.2) is 24.3 Å². The molecule has 26 heavy (non-hydrogen) atoms. The fourth-order valence-corrected chi connectivity index (χ4v) is 4.43. The molecule has 1 aromatic carbocycles. The van der Waals surface area contributed by atoms with Crippen molar-refractivity contribution in [3.05, 3.63) is 24.3 Å². The lowest BCUT2D eigenvalue weighted by Gasteiger charge is -2.31. The number of halogens is 1. The number of hydrogen-bond acceptors (Lipinski definition) is 5. The first-order valence-corrected chi connectivity index (χ1v) is 10.1. The van der Waals surface area contributed by atoms with Gasteiger partial charge >= 0.3 is 0 Å². The van der Waals surface area contributed by atoms with Crippen molar-refractivity contribution in [2.24, 2.45) is 5.92 Å². The standard InChI is InChI=1S/C19H25N3O2S.ClH/c23-18(15-5-3-6-15)22(10-4-9-21-11-13-24-14-12-21)19-20-16-7-1-2-8-17(16)25-19;/h1-2,7-8,15H,3-6,9-14H2;1H. The Morgan fingerprint density at radius 1 is 1.27 bits per heavy atom. The maximum atomic E-state index is 12.9. The summed E-state index contributed by atoms with van der Waals surface area (Å²) < 4.78 is 6.56. The molecule has 1 aliphatic heterocycles. The van der Waals surface area contributed by atoms with E-state index in [2.05, 4.69) is 11.0 Å². The number of amides is 1. The van der Waals surface area contributed by atoms with Crippen LogP contribution in [0.5, 0.6) is 0 Å².